The molecule has 2 aliphatic heterocycles. The highest BCUT2D eigenvalue weighted by Crippen LogP contribution is 2.44. The highest BCUT2D eigenvalue weighted by Gasteiger charge is 2.39. The molecule has 0 bridgehead atoms. The third kappa shape index (κ3) is 3.02. The van der Waals surface area contributed by atoms with Gasteiger partial charge in [0.1, 0.15) is 0 Å². The van der Waals surface area contributed by atoms with Gasteiger partial charge in [0.05, 0.1) is 12.2 Å². The first-order valence-corrected chi connectivity index (χ1v) is 8.40. The van der Waals surface area contributed by atoms with Crippen molar-refractivity contribution in [2.24, 2.45) is 0 Å². The van der Waals surface area contributed by atoms with Crippen LogP contribution < -0.4 is 10.2 Å². The van der Waals surface area contributed by atoms with Crippen LogP contribution in [0.5, 0.6) is 0 Å². The van der Waals surface area contributed by atoms with Crippen LogP contribution in [0, 0.1) is 0 Å². The van der Waals surface area contributed by atoms with E-state index in [9.17, 15) is 9.59 Å². The lowest BCUT2D eigenvalue weighted by molar-refractivity contribution is -0.128. The molecule has 0 spiro atoms. The smallest absolute Gasteiger partial charge is 0.322 e. The molecule has 0 unspecified atom stereocenters. The van der Waals surface area contributed by atoms with Gasteiger partial charge in [-0.2, -0.15) is 0 Å². The van der Waals surface area contributed by atoms with Crippen LogP contribution in [-0.2, 0) is 10.2 Å². The number of benzene rings is 1. The number of carbonyl (C=O) groups is 2. The summed E-state index contributed by atoms with van der Waals surface area (Å²) in [6.07, 6.45) is 2.09. The third-order valence-electron chi connectivity index (χ3n) is 4.61. The summed E-state index contributed by atoms with van der Waals surface area (Å²) >= 11 is 6.32. The second kappa shape index (κ2) is 6.04. The van der Waals surface area contributed by atoms with Gasteiger partial charge in [-0.3, -0.25) is 9.69 Å². The summed E-state index contributed by atoms with van der Waals surface area (Å²) in [5.74, 6) is -0.0133. The molecular formula is C17H22ClN3O2. The molecule has 124 valence electrons. The minimum absolute atomic E-state index is 0.0133. The molecule has 1 N–H and O–H groups in total. The minimum atomic E-state index is -0.244. The van der Waals surface area contributed by atoms with E-state index < -0.39 is 0 Å². The molecule has 0 aliphatic carbocycles. The lowest BCUT2D eigenvalue weighted by atomic mass is 9.87. The predicted molar refractivity (Wildman–Crippen MR) is 91.0 cm³/mol. The lowest BCUT2D eigenvalue weighted by Gasteiger charge is -2.22. The summed E-state index contributed by atoms with van der Waals surface area (Å²) in [5.41, 5.74) is 1.61. The van der Waals surface area contributed by atoms with Crippen molar-refractivity contribution < 1.29 is 9.59 Å². The van der Waals surface area contributed by atoms with Gasteiger partial charge in [0, 0.05) is 35.6 Å². The van der Waals surface area contributed by atoms with Gasteiger partial charge in [-0.05, 0) is 25.0 Å². The zero-order valence-electron chi connectivity index (χ0n) is 13.6. The molecule has 0 atom stereocenters. The molecule has 3 rings (SSSR count). The molecule has 2 heterocycles. The van der Waals surface area contributed by atoms with Gasteiger partial charge in [0.15, 0.2) is 0 Å². The maximum atomic E-state index is 12.5. The molecule has 5 nitrogen and oxygen atoms in total. The van der Waals surface area contributed by atoms with Crippen LogP contribution in [0.2, 0.25) is 5.02 Å². The molecule has 0 saturated carbocycles. The van der Waals surface area contributed by atoms with E-state index in [1.165, 1.54) is 0 Å². The SMILES string of the molecule is CC1(C)CN(C(=O)NCC(=O)N2CCCC2)c2cccc(Cl)c21. The number of fused-ring (bicyclic) bond motifs is 1. The van der Waals surface area contributed by atoms with Crippen LogP contribution in [-0.4, -0.2) is 43.0 Å². The van der Waals surface area contributed by atoms with Crippen molar-refractivity contribution in [3.05, 3.63) is 28.8 Å². The van der Waals surface area contributed by atoms with Gasteiger partial charge < -0.3 is 10.2 Å². The van der Waals surface area contributed by atoms with E-state index >= 15 is 0 Å². The number of hydrogen-bond donors (Lipinski definition) is 1. The molecule has 0 radical (unpaired) electrons. The molecule has 6 heteroatoms. The summed E-state index contributed by atoms with van der Waals surface area (Å²) in [7, 11) is 0. The van der Waals surface area contributed by atoms with E-state index in [-0.39, 0.29) is 23.9 Å². The standard InChI is InChI=1S/C17H22ClN3O2/c1-17(2)11-21(13-7-5-6-12(18)15(13)17)16(23)19-10-14(22)20-8-3-4-9-20/h5-7H,3-4,8-11H2,1-2H3,(H,19,23). The minimum Gasteiger partial charge on any atom is -0.341 e. The average molecular weight is 336 g/mol. The van der Waals surface area contributed by atoms with Gasteiger partial charge in [0.25, 0.3) is 0 Å². The first-order valence-electron chi connectivity index (χ1n) is 8.02. The zero-order valence-corrected chi connectivity index (χ0v) is 14.3. The van der Waals surface area contributed by atoms with Crippen LogP contribution in [0.15, 0.2) is 18.2 Å². The quantitative estimate of drug-likeness (QED) is 0.903. The summed E-state index contributed by atoms with van der Waals surface area (Å²) in [5, 5.41) is 3.43. The zero-order chi connectivity index (χ0) is 16.6. The van der Waals surface area contributed by atoms with Gasteiger partial charge in [-0.25, -0.2) is 4.79 Å². The van der Waals surface area contributed by atoms with Gasteiger partial charge >= 0.3 is 6.03 Å². The van der Waals surface area contributed by atoms with E-state index in [1.807, 2.05) is 18.2 Å². The lowest BCUT2D eigenvalue weighted by Crippen LogP contribution is -2.45. The second-order valence-corrected chi connectivity index (χ2v) is 7.26. The highest BCUT2D eigenvalue weighted by molar-refractivity contribution is 6.32. The number of amides is 3. The van der Waals surface area contributed by atoms with Crippen molar-refractivity contribution in [2.75, 3.05) is 31.1 Å². The molecule has 2 aliphatic rings. The Morgan fingerprint density at radius 1 is 1.26 bits per heavy atom. The predicted octanol–water partition coefficient (Wildman–Crippen LogP) is 2.77. The van der Waals surface area contributed by atoms with Crippen molar-refractivity contribution in [3.8, 4) is 0 Å². The number of nitrogens with zero attached hydrogens (tertiary/aromatic N) is 2. The molecular weight excluding hydrogens is 314 g/mol. The Hall–Kier alpha value is -1.75. The van der Waals surface area contributed by atoms with Crippen molar-refractivity contribution in [1.82, 2.24) is 10.2 Å². The van der Waals surface area contributed by atoms with E-state index in [0.29, 0.717) is 11.6 Å². The molecule has 1 saturated heterocycles. The van der Waals surface area contributed by atoms with Gasteiger partial charge in [0.2, 0.25) is 5.91 Å². The maximum Gasteiger partial charge on any atom is 0.322 e. The second-order valence-electron chi connectivity index (χ2n) is 6.85. The summed E-state index contributed by atoms with van der Waals surface area (Å²) in [4.78, 5) is 28.1. The molecule has 1 aromatic carbocycles. The van der Waals surface area contributed by atoms with Crippen molar-refractivity contribution in [1.29, 1.82) is 0 Å². The van der Waals surface area contributed by atoms with Crippen LogP contribution in [0.1, 0.15) is 32.3 Å². The van der Waals surface area contributed by atoms with E-state index in [2.05, 4.69) is 19.2 Å². The number of carbonyl (C=O) groups excluding carboxylic acids is 2. The first-order chi connectivity index (χ1) is 10.9. The van der Waals surface area contributed by atoms with Crippen molar-refractivity contribution >= 4 is 29.2 Å². The Balaban J connectivity index is 1.69. The number of nitrogens with one attached hydrogen (secondary N) is 1. The summed E-state index contributed by atoms with van der Waals surface area (Å²) < 4.78 is 0. The number of halogens is 1. The third-order valence-corrected chi connectivity index (χ3v) is 4.92. The Labute approximate surface area is 141 Å². The molecule has 3 amide bonds. The Morgan fingerprint density at radius 3 is 2.65 bits per heavy atom. The Bertz CT molecular complexity index is 639. The molecule has 1 aromatic rings. The van der Waals surface area contributed by atoms with E-state index in [1.54, 1.807) is 9.80 Å². The number of rotatable bonds is 2. The highest BCUT2D eigenvalue weighted by atomic mass is 35.5. The van der Waals surface area contributed by atoms with Gasteiger partial charge in [-0.1, -0.05) is 31.5 Å². The number of anilines is 1. The Morgan fingerprint density at radius 2 is 1.96 bits per heavy atom. The average Bonchev–Trinajstić information content (AvgIpc) is 3.11. The van der Waals surface area contributed by atoms with Crippen molar-refractivity contribution in [2.45, 2.75) is 32.1 Å². The van der Waals surface area contributed by atoms with Gasteiger partial charge in [-0.15, -0.1) is 0 Å². The number of likely N-dealkylation sites (tertiary alicyclic amines) is 1. The largest absolute Gasteiger partial charge is 0.341 e. The fraction of sp³-hybridized carbons (Fsp3) is 0.529. The first kappa shape index (κ1) is 16.1. The van der Waals surface area contributed by atoms with Crippen LogP contribution >= 0.6 is 11.6 Å². The molecule has 23 heavy (non-hydrogen) atoms. The maximum absolute atomic E-state index is 12.5. The topological polar surface area (TPSA) is 52.7 Å². The van der Waals surface area contributed by atoms with E-state index in [0.717, 1.165) is 37.2 Å². The number of urea groups is 1. The van der Waals surface area contributed by atoms with E-state index in [4.69, 9.17) is 11.6 Å². The molecule has 1 fully saturated rings. The van der Waals surface area contributed by atoms with Crippen LogP contribution in [0.4, 0.5) is 10.5 Å². The fourth-order valence-electron chi connectivity index (χ4n) is 3.47. The van der Waals surface area contributed by atoms with Crippen LogP contribution in [0.3, 0.4) is 0 Å². The van der Waals surface area contributed by atoms with Crippen molar-refractivity contribution in [3.63, 3.8) is 0 Å². The Kier molecular flexibility index (Phi) is 4.23. The summed E-state index contributed by atoms with van der Waals surface area (Å²) in [6.45, 7) is 6.33. The number of hydrogen-bond acceptors (Lipinski definition) is 2. The fourth-order valence-corrected chi connectivity index (χ4v) is 3.90. The monoisotopic (exact) mass is 335 g/mol. The van der Waals surface area contributed by atoms with Crippen LogP contribution in [0.25, 0.3) is 0 Å². The molecule has 0 aromatic heterocycles. The normalized spacial score (nSPS) is 18.9. The summed E-state index contributed by atoms with van der Waals surface area (Å²) in [6, 6.07) is 5.35.